The van der Waals surface area contributed by atoms with Crippen LogP contribution < -0.4 is 4.90 Å². The largest absolute Gasteiger partial charge is 0.369 e. The Hall–Kier alpha value is -1.02. The van der Waals surface area contributed by atoms with E-state index in [0.29, 0.717) is 5.41 Å². The summed E-state index contributed by atoms with van der Waals surface area (Å²) in [6.45, 7) is 15.1. The third-order valence-corrected chi connectivity index (χ3v) is 3.83. The molecule has 0 atom stereocenters. The van der Waals surface area contributed by atoms with E-state index in [-0.39, 0.29) is 0 Å². The van der Waals surface area contributed by atoms with E-state index in [4.69, 9.17) is 0 Å². The Labute approximate surface area is 118 Å². The number of nitrogens with zero attached hydrogens (tertiary/aromatic N) is 2. The zero-order valence-electron chi connectivity index (χ0n) is 12.9. The minimum Gasteiger partial charge on any atom is -0.369 e. The summed E-state index contributed by atoms with van der Waals surface area (Å²) < 4.78 is 0. The van der Waals surface area contributed by atoms with E-state index in [9.17, 15) is 0 Å². The van der Waals surface area contributed by atoms with E-state index < -0.39 is 0 Å². The van der Waals surface area contributed by atoms with Crippen molar-refractivity contribution in [1.82, 2.24) is 4.90 Å². The fraction of sp³-hybridized carbons (Fsp3) is 0.647. The summed E-state index contributed by atoms with van der Waals surface area (Å²) in [5, 5.41) is 0. The number of benzene rings is 1. The van der Waals surface area contributed by atoms with Gasteiger partial charge in [0.2, 0.25) is 0 Å². The maximum atomic E-state index is 2.53. The summed E-state index contributed by atoms with van der Waals surface area (Å²) in [7, 11) is 0. The lowest BCUT2D eigenvalue weighted by molar-refractivity contribution is 0.271. The van der Waals surface area contributed by atoms with Gasteiger partial charge in [-0.15, -0.1) is 0 Å². The molecule has 1 aliphatic rings. The molecule has 1 aromatic rings. The molecular formula is C17H28N2. The van der Waals surface area contributed by atoms with Crippen LogP contribution in [0.4, 0.5) is 5.69 Å². The predicted molar refractivity (Wildman–Crippen MR) is 83.9 cm³/mol. The van der Waals surface area contributed by atoms with Crippen LogP contribution in [0.5, 0.6) is 0 Å². The highest BCUT2D eigenvalue weighted by Crippen LogP contribution is 2.24. The van der Waals surface area contributed by atoms with Crippen LogP contribution in [0.1, 0.15) is 33.3 Å². The summed E-state index contributed by atoms with van der Waals surface area (Å²) in [6.07, 6.45) is 1.15. The third kappa shape index (κ3) is 4.24. The number of rotatable bonds is 3. The third-order valence-electron chi connectivity index (χ3n) is 3.83. The maximum absolute atomic E-state index is 2.53. The van der Waals surface area contributed by atoms with Crippen LogP contribution >= 0.6 is 0 Å². The van der Waals surface area contributed by atoms with Crippen molar-refractivity contribution < 1.29 is 0 Å². The first kappa shape index (κ1) is 14.4. The van der Waals surface area contributed by atoms with Gasteiger partial charge < -0.3 is 9.80 Å². The molecule has 0 bridgehead atoms. The molecule has 2 heteroatoms. The molecule has 0 amide bonds. The quantitative estimate of drug-likeness (QED) is 0.821. The Kier molecular flexibility index (Phi) is 4.51. The molecular weight excluding hydrogens is 232 g/mol. The molecule has 1 saturated heterocycles. The van der Waals surface area contributed by atoms with E-state index in [1.165, 1.54) is 30.9 Å². The van der Waals surface area contributed by atoms with Gasteiger partial charge in [-0.3, -0.25) is 0 Å². The minimum absolute atomic E-state index is 0.361. The van der Waals surface area contributed by atoms with E-state index in [0.717, 1.165) is 19.5 Å². The van der Waals surface area contributed by atoms with Crippen LogP contribution in [0, 0.1) is 5.41 Å². The highest BCUT2D eigenvalue weighted by Gasteiger charge is 2.17. The van der Waals surface area contributed by atoms with Gasteiger partial charge in [0.05, 0.1) is 0 Å². The molecule has 0 N–H and O–H groups in total. The van der Waals surface area contributed by atoms with E-state index >= 15 is 0 Å². The molecule has 1 fully saturated rings. The molecule has 19 heavy (non-hydrogen) atoms. The van der Waals surface area contributed by atoms with Crippen LogP contribution in [-0.2, 0) is 6.42 Å². The fourth-order valence-corrected chi connectivity index (χ4v) is 2.80. The highest BCUT2D eigenvalue weighted by atomic mass is 15.3. The first-order valence-electron chi connectivity index (χ1n) is 7.54. The predicted octanol–water partition coefficient (Wildman–Crippen LogP) is 3.42. The Morgan fingerprint density at radius 2 is 1.74 bits per heavy atom. The summed E-state index contributed by atoms with van der Waals surface area (Å²) >= 11 is 0. The Morgan fingerprint density at radius 1 is 1.05 bits per heavy atom. The second kappa shape index (κ2) is 5.96. The average molecular weight is 260 g/mol. The van der Waals surface area contributed by atoms with Crippen molar-refractivity contribution in [1.29, 1.82) is 0 Å². The number of piperazine rings is 1. The lowest BCUT2D eigenvalue weighted by Crippen LogP contribution is -2.46. The van der Waals surface area contributed by atoms with Crippen molar-refractivity contribution in [2.45, 2.75) is 34.1 Å². The Balaban J connectivity index is 2.03. The second-order valence-corrected chi connectivity index (χ2v) is 6.83. The Morgan fingerprint density at radius 3 is 2.32 bits per heavy atom. The summed E-state index contributed by atoms with van der Waals surface area (Å²) in [4.78, 5) is 5.05. The Bertz CT molecular complexity index is 398. The van der Waals surface area contributed by atoms with Crippen LogP contribution in [0.25, 0.3) is 0 Å². The average Bonchev–Trinajstić information content (AvgIpc) is 2.37. The smallest absolute Gasteiger partial charge is 0.0369 e. The van der Waals surface area contributed by atoms with Crippen molar-refractivity contribution in [3.8, 4) is 0 Å². The number of hydrogen-bond donors (Lipinski definition) is 0. The normalized spacial score (nSPS) is 17.8. The highest BCUT2D eigenvalue weighted by molar-refractivity contribution is 5.49. The SMILES string of the molecule is CCN1CCN(c2cccc(CC(C)(C)C)c2)CC1. The first-order valence-corrected chi connectivity index (χ1v) is 7.54. The lowest BCUT2D eigenvalue weighted by Gasteiger charge is -2.35. The monoisotopic (exact) mass is 260 g/mol. The van der Waals surface area contributed by atoms with Crippen molar-refractivity contribution in [2.75, 3.05) is 37.6 Å². The van der Waals surface area contributed by atoms with Gasteiger partial charge in [-0.05, 0) is 36.1 Å². The molecule has 0 saturated carbocycles. The molecule has 0 spiro atoms. The first-order chi connectivity index (χ1) is 8.98. The van der Waals surface area contributed by atoms with Crippen molar-refractivity contribution in [2.24, 2.45) is 5.41 Å². The molecule has 0 radical (unpaired) electrons. The van der Waals surface area contributed by atoms with Crippen LogP contribution in [0.3, 0.4) is 0 Å². The number of anilines is 1. The van der Waals surface area contributed by atoms with E-state index in [2.05, 4.69) is 61.8 Å². The van der Waals surface area contributed by atoms with Gasteiger partial charge in [-0.25, -0.2) is 0 Å². The van der Waals surface area contributed by atoms with Gasteiger partial charge in [0.25, 0.3) is 0 Å². The molecule has 2 rings (SSSR count). The van der Waals surface area contributed by atoms with Gasteiger partial charge in [0, 0.05) is 31.9 Å². The zero-order valence-corrected chi connectivity index (χ0v) is 12.9. The van der Waals surface area contributed by atoms with Crippen molar-refractivity contribution in [3.05, 3.63) is 29.8 Å². The molecule has 1 heterocycles. The molecule has 1 aliphatic heterocycles. The lowest BCUT2D eigenvalue weighted by atomic mass is 9.88. The minimum atomic E-state index is 0.361. The fourth-order valence-electron chi connectivity index (χ4n) is 2.80. The topological polar surface area (TPSA) is 6.48 Å². The second-order valence-electron chi connectivity index (χ2n) is 6.83. The van der Waals surface area contributed by atoms with E-state index in [1.54, 1.807) is 0 Å². The van der Waals surface area contributed by atoms with Gasteiger partial charge in [-0.1, -0.05) is 39.8 Å². The molecule has 1 aromatic carbocycles. The van der Waals surface area contributed by atoms with Gasteiger partial charge in [0.15, 0.2) is 0 Å². The molecule has 106 valence electrons. The van der Waals surface area contributed by atoms with Crippen molar-refractivity contribution in [3.63, 3.8) is 0 Å². The van der Waals surface area contributed by atoms with Crippen molar-refractivity contribution >= 4 is 5.69 Å². The van der Waals surface area contributed by atoms with E-state index in [1.807, 2.05) is 0 Å². The van der Waals surface area contributed by atoms with Crippen LogP contribution in [-0.4, -0.2) is 37.6 Å². The molecule has 0 aliphatic carbocycles. The molecule has 2 nitrogen and oxygen atoms in total. The van der Waals surface area contributed by atoms with Crippen LogP contribution in [0.2, 0.25) is 0 Å². The van der Waals surface area contributed by atoms with Gasteiger partial charge in [-0.2, -0.15) is 0 Å². The summed E-state index contributed by atoms with van der Waals surface area (Å²) in [6, 6.07) is 9.11. The maximum Gasteiger partial charge on any atom is 0.0369 e. The summed E-state index contributed by atoms with van der Waals surface area (Å²) in [5.41, 5.74) is 3.22. The molecule has 0 unspecified atom stereocenters. The number of hydrogen-bond acceptors (Lipinski definition) is 2. The number of likely N-dealkylation sites (N-methyl/N-ethyl adjacent to an activating group) is 1. The zero-order chi connectivity index (χ0) is 13.9. The summed E-state index contributed by atoms with van der Waals surface area (Å²) in [5.74, 6) is 0. The van der Waals surface area contributed by atoms with Gasteiger partial charge in [0.1, 0.15) is 0 Å². The van der Waals surface area contributed by atoms with Gasteiger partial charge >= 0.3 is 0 Å². The molecule has 0 aromatic heterocycles. The van der Waals surface area contributed by atoms with Crippen LogP contribution in [0.15, 0.2) is 24.3 Å². The standard InChI is InChI=1S/C17H28N2/c1-5-18-9-11-19(12-10-18)16-8-6-7-15(13-16)14-17(2,3)4/h6-8,13H,5,9-12,14H2,1-4H3.